The van der Waals surface area contributed by atoms with E-state index in [1.807, 2.05) is 30.6 Å². The summed E-state index contributed by atoms with van der Waals surface area (Å²) in [7, 11) is 0. The van der Waals surface area contributed by atoms with Gasteiger partial charge in [0.1, 0.15) is 0 Å². The molecule has 1 N–H and O–H groups in total. The van der Waals surface area contributed by atoms with Crippen LogP contribution in [0.4, 0.5) is 5.95 Å². The van der Waals surface area contributed by atoms with Gasteiger partial charge in [-0.3, -0.25) is 0 Å². The molecule has 0 aliphatic rings. The number of benzene rings is 1. The lowest BCUT2D eigenvalue weighted by Gasteiger charge is -2.25. The molecule has 2 aromatic heterocycles. The van der Waals surface area contributed by atoms with Gasteiger partial charge >= 0.3 is 0 Å². The Morgan fingerprint density at radius 2 is 1.68 bits per heavy atom. The van der Waals surface area contributed by atoms with Crippen molar-refractivity contribution in [1.29, 1.82) is 0 Å². The van der Waals surface area contributed by atoms with Crippen molar-refractivity contribution in [3.8, 4) is 11.1 Å². The van der Waals surface area contributed by atoms with Crippen LogP contribution in [0, 0.1) is 6.92 Å². The molecule has 0 saturated carbocycles. The average molecular weight is 309 g/mol. The highest BCUT2D eigenvalue weighted by atomic mass is 32.1. The Bertz CT molecular complexity index is 746. The minimum atomic E-state index is -0.187. The predicted molar refractivity (Wildman–Crippen MR) is 93.2 cm³/mol. The molecular formula is C18H19N3S. The third kappa shape index (κ3) is 3.17. The first kappa shape index (κ1) is 14.7. The molecule has 0 saturated heterocycles. The maximum Gasteiger partial charge on any atom is 0.223 e. The van der Waals surface area contributed by atoms with Crippen LogP contribution in [0.2, 0.25) is 0 Å². The van der Waals surface area contributed by atoms with Gasteiger partial charge in [0.2, 0.25) is 5.95 Å². The molecule has 0 unspecified atom stereocenters. The Hall–Kier alpha value is -2.20. The van der Waals surface area contributed by atoms with Crippen molar-refractivity contribution in [3.63, 3.8) is 0 Å². The van der Waals surface area contributed by atoms with Gasteiger partial charge in [-0.25, -0.2) is 9.97 Å². The van der Waals surface area contributed by atoms with Gasteiger partial charge < -0.3 is 5.32 Å². The zero-order chi connectivity index (χ0) is 15.6. The third-order valence-corrected chi connectivity index (χ3v) is 4.90. The molecule has 3 nitrogen and oxygen atoms in total. The maximum absolute atomic E-state index is 4.45. The van der Waals surface area contributed by atoms with Gasteiger partial charge in [0.15, 0.2) is 0 Å². The second-order valence-corrected chi connectivity index (χ2v) is 6.81. The molecule has 0 bridgehead atoms. The van der Waals surface area contributed by atoms with E-state index in [1.54, 1.807) is 11.3 Å². The number of aromatic nitrogens is 2. The van der Waals surface area contributed by atoms with E-state index in [0.29, 0.717) is 5.95 Å². The molecule has 22 heavy (non-hydrogen) atoms. The molecule has 1 aromatic carbocycles. The lowest BCUT2D eigenvalue weighted by Crippen LogP contribution is -2.27. The summed E-state index contributed by atoms with van der Waals surface area (Å²) in [6.07, 6.45) is 3.72. The number of anilines is 1. The minimum Gasteiger partial charge on any atom is -0.344 e. The molecule has 0 radical (unpaired) electrons. The number of rotatable bonds is 4. The summed E-state index contributed by atoms with van der Waals surface area (Å²) in [5.74, 6) is 0.649. The summed E-state index contributed by atoms with van der Waals surface area (Å²) in [4.78, 5) is 10.2. The van der Waals surface area contributed by atoms with E-state index in [9.17, 15) is 0 Å². The second kappa shape index (κ2) is 5.89. The quantitative estimate of drug-likeness (QED) is 0.748. The van der Waals surface area contributed by atoms with Gasteiger partial charge in [0.25, 0.3) is 0 Å². The average Bonchev–Trinajstić information content (AvgIpc) is 2.96. The number of hydrogen-bond donors (Lipinski definition) is 1. The van der Waals surface area contributed by atoms with E-state index in [0.717, 1.165) is 11.1 Å². The SMILES string of the molecule is Cc1csc(C(C)(C)Nc2ncc(-c3ccccc3)cn2)c1. The Morgan fingerprint density at radius 3 is 2.27 bits per heavy atom. The van der Waals surface area contributed by atoms with Gasteiger partial charge in [-0.05, 0) is 43.3 Å². The van der Waals surface area contributed by atoms with Gasteiger partial charge in [-0.15, -0.1) is 11.3 Å². The highest BCUT2D eigenvalue weighted by molar-refractivity contribution is 7.10. The minimum absolute atomic E-state index is 0.187. The van der Waals surface area contributed by atoms with Crippen LogP contribution in [0.25, 0.3) is 11.1 Å². The molecule has 0 spiro atoms. The number of nitrogens with zero attached hydrogens (tertiary/aromatic N) is 2. The van der Waals surface area contributed by atoms with Crippen LogP contribution < -0.4 is 5.32 Å². The van der Waals surface area contributed by atoms with Crippen LogP contribution >= 0.6 is 11.3 Å². The molecule has 3 rings (SSSR count). The highest BCUT2D eigenvalue weighted by Gasteiger charge is 2.23. The van der Waals surface area contributed by atoms with Crippen LogP contribution in [0.3, 0.4) is 0 Å². The Morgan fingerprint density at radius 1 is 1.00 bits per heavy atom. The molecule has 0 aliphatic heterocycles. The number of thiophene rings is 1. The monoisotopic (exact) mass is 309 g/mol. The number of nitrogens with one attached hydrogen (secondary N) is 1. The normalized spacial score (nSPS) is 11.4. The predicted octanol–water partition coefficient (Wildman–Crippen LogP) is 4.86. The summed E-state index contributed by atoms with van der Waals surface area (Å²) >= 11 is 1.76. The zero-order valence-corrected chi connectivity index (χ0v) is 13.8. The van der Waals surface area contributed by atoms with Crippen molar-refractivity contribution >= 4 is 17.3 Å². The first-order valence-corrected chi connectivity index (χ1v) is 8.14. The topological polar surface area (TPSA) is 37.8 Å². The van der Waals surface area contributed by atoms with E-state index >= 15 is 0 Å². The van der Waals surface area contributed by atoms with Gasteiger partial charge in [0, 0.05) is 22.8 Å². The molecule has 3 aromatic rings. The van der Waals surface area contributed by atoms with Crippen LogP contribution in [0.1, 0.15) is 24.3 Å². The summed E-state index contributed by atoms with van der Waals surface area (Å²) in [5, 5.41) is 5.58. The Labute approximate surface area is 135 Å². The van der Waals surface area contributed by atoms with Crippen molar-refractivity contribution in [2.45, 2.75) is 26.3 Å². The molecule has 0 amide bonds. The molecular weight excluding hydrogens is 290 g/mol. The molecule has 0 atom stereocenters. The highest BCUT2D eigenvalue weighted by Crippen LogP contribution is 2.29. The van der Waals surface area contributed by atoms with Gasteiger partial charge in [-0.2, -0.15) is 0 Å². The molecule has 112 valence electrons. The Balaban J connectivity index is 1.79. The molecule has 0 fully saturated rings. The molecule has 0 aliphatic carbocycles. The maximum atomic E-state index is 4.45. The van der Waals surface area contributed by atoms with Crippen molar-refractivity contribution < 1.29 is 0 Å². The summed E-state index contributed by atoms with van der Waals surface area (Å²) in [5.41, 5.74) is 3.25. The number of hydrogen-bond acceptors (Lipinski definition) is 4. The zero-order valence-electron chi connectivity index (χ0n) is 13.0. The summed E-state index contributed by atoms with van der Waals surface area (Å²) in [6.45, 7) is 6.40. The molecule has 4 heteroatoms. The van der Waals surface area contributed by atoms with Crippen LogP contribution in [0.15, 0.2) is 54.2 Å². The fraction of sp³-hybridized carbons (Fsp3) is 0.222. The Kier molecular flexibility index (Phi) is 3.94. The van der Waals surface area contributed by atoms with Crippen LogP contribution in [-0.4, -0.2) is 9.97 Å². The summed E-state index contributed by atoms with van der Waals surface area (Å²) in [6, 6.07) is 12.4. The van der Waals surface area contributed by atoms with Crippen molar-refractivity contribution in [3.05, 3.63) is 64.6 Å². The van der Waals surface area contributed by atoms with Crippen molar-refractivity contribution in [2.24, 2.45) is 0 Å². The van der Waals surface area contributed by atoms with Crippen LogP contribution in [-0.2, 0) is 5.54 Å². The fourth-order valence-electron chi connectivity index (χ4n) is 2.27. The van der Waals surface area contributed by atoms with E-state index in [2.05, 4.69) is 59.6 Å². The third-order valence-electron chi connectivity index (χ3n) is 3.53. The smallest absolute Gasteiger partial charge is 0.223 e. The van der Waals surface area contributed by atoms with Crippen molar-refractivity contribution in [2.75, 3.05) is 5.32 Å². The van der Waals surface area contributed by atoms with E-state index in [4.69, 9.17) is 0 Å². The number of aryl methyl sites for hydroxylation is 1. The lowest BCUT2D eigenvalue weighted by molar-refractivity contribution is 0.615. The summed E-state index contributed by atoms with van der Waals surface area (Å²) < 4.78 is 0. The fourth-order valence-corrected chi connectivity index (χ4v) is 3.25. The lowest BCUT2D eigenvalue weighted by atomic mass is 10.0. The van der Waals surface area contributed by atoms with Gasteiger partial charge in [-0.1, -0.05) is 30.3 Å². The van der Waals surface area contributed by atoms with Gasteiger partial charge in [0.05, 0.1) is 5.54 Å². The van der Waals surface area contributed by atoms with E-state index in [1.165, 1.54) is 10.4 Å². The van der Waals surface area contributed by atoms with Crippen molar-refractivity contribution in [1.82, 2.24) is 9.97 Å². The van der Waals surface area contributed by atoms with E-state index < -0.39 is 0 Å². The first-order valence-electron chi connectivity index (χ1n) is 7.26. The first-order chi connectivity index (χ1) is 10.5. The van der Waals surface area contributed by atoms with E-state index in [-0.39, 0.29) is 5.54 Å². The van der Waals surface area contributed by atoms with Crippen LogP contribution in [0.5, 0.6) is 0 Å². The largest absolute Gasteiger partial charge is 0.344 e. The second-order valence-electron chi connectivity index (χ2n) is 5.90. The molecule has 2 heterocycles. The standard InChI is InChI=1S/C18H19N3S/c1-13-9-16(22-12-13)18(2,3)21-17-19-10-15(11-20-17)14-7-5-4-6-8-14/h4-12H,1-3H3,(H,19,20,21).